The van der Waals surface area contributed by atoms with Crippen molar-refractivity contribution in [2.24, 2.45) is 7.05 Å². The first kappa shape index (κ1) is 12.8. The van der Waals surface area contributed by atoms with E-state index in [4.69, 9.17) is 5.11 Å². The van der Waals surface area contributed by atoms with Crippen LogP contribution in [0.15, 0.2) is 5.16 Å². The summed E-state index contributed by atoms with van der Waals surface area (Å²) < 4.78 is 37.3. The normalized spacial score (nSPS) is 11.8. The molecule has 0 unspecified atom stereocenters. The van der Waals surface area contributed by atoms with Gasteiger partial charge in [0.2, 0.25) is 0 Å². The van der Waals surface area contributed by atoms with E-state index in [9.17, 15) is 18.0 Å². The van der Waals surface area contributed by atoms with Crippen molar-refractivity contribution in [2.75, 3.05) is 5.75 Å². The fourth-order valence-electron chi connectivity index (χ4n) is 0.930. The summed E-state index contributed by atoms with van der Waals surface area (Å²) in [6.07, 6.45) is -5.53. The fraction of sp³-hybridized carbons (Fsp3) is 0.571. The first-order chi connectivity index (χ1) is 7.29. The summed E-state index contributed by atoms with van der Waals surface area (Å²) >= 11 is 0.824. The lowest BCUT2D eigenvalue weighted by Crippen LogP contribution is -2.15. The quantitative estimate of drug-likeness (QED) is 0.816. The van der Waals surface area contributed by atoms with Crippen LogP contribution in [0.4, 0.5) is 13.2 Å². The molecule has 1 aromatic rings. The SMILES string of the molecule is Cn1c(CC(F)(F)F)nnc1SCC(=O)O. The van der Waals surface area contributed by atoms with Crippen LogP contribution in [-0.2, 0) is 18.3 Å². The van der Waals surface area contributed by atoms with E-state index in [0.717, 1.165) is 16.3 Å². The van der Waals surface area contributed by atoms with Gasteiger partial charge in [-0.25, -0.2) is 0 Å². The molecule has 0 aliphatic carbocycles. The second kappa shape index (κ2) is 4.73. The van der Waals surface area contributed by atoms with E-state index in [1.54, 1.807) is 0 Å². The van der Waals surface area contributed by atoms with Crippen molar-refractivity contribution in [3.05, 3.63) is 5.82 Å². The maximum Gasteiger partial charge on any atom is 0.396 e. The van der Waals surface area contributed by atoms with E-state index in [1.807, 2.05) is 0 Å². The minimum atomic E-state index is -4.35. The lowest BCUT2D eigenvalue weighted by atomic mass is 10.4. The molecule has 90 valence electrons. The van der Waals surface area contributed by atoms with E-state index in [0.29, 0.717) is 0 Å². The Morgan fingerprint density at radius 1 is 1.50 bits per heavy atom. The van der Waals surface area contributed by atoms with Gasteiger partial charge in [-0.15, -0.1) is 10.2 Å². The van der Waals surface area contributed by atoms with Crippen LogP contribution in [0.3, 0.4) is 0 Å². The van der Waals surface area contributed by atoms with Crippen molar-refractivity contribution < 1.29 is 23.1 Å². The monoisotopic (exact) mass is 255 g/mol. The number of carbonyl (C=O) groups is 1. The average Bonchev–Trinajstić information content (AvgIpc) is 2.43. The van der Waals surface area contributed by atoms with Crippen LogP contribution in [0.5, 0.6) is 0 Å². The molecule has 0 saturated heterocycles. The van der Waals surface area contributed by atoms with Gasteiger partial charge in [-0.05, 0) is 0 Å². The zero-order valence-electron chi connectivity index (χ0n) is 8.15. The van der Waals surface area contributed by atoms with Crippen LogP contribution in [0, 0.1) is 0 Å². The van der Waals surface area contributed by atoms with Crippen molar-refractivity contribution in [3.63, 3.8) is 0 Å². The molecule has 0 bridgehead atoms. The average molecular weight is 255 g/mol. The third-order valence-electron chi connectivity index (χ3n) is 1.61. The number of carboxylic acid groups (broad SMARTS) is 1. The van der Waals surface area contributed by atoms with Gasteiger partial charge in [-0.3, -0.25) is 4.79 Å². The van der Waals surface area contributed by atoms with Gasteiger partial charge in [0.25, 0.3) is 0 Å². The van der Waals surface area contributed by atoms with Crippen LogP contribution in [0.2, 0.25) is 0 Å². The summed E-state index contributed by atoms with van der Waals surface area (Å²) in [6.45, 7) is 0. The Morgan fingerprint density at radius 3 is 2.62 bits per heavy atom. The Labute approximate surface area is 92.7 Å². The van der Waals surface area contributed by atoms with Crippen molar-refractivity contribution in [2.45, 2.75) is 17.8 Å². The molecule has 5 nitrogen and oxygen atoms in total. The molecule has 16 heavy (non-hydrogen) atoms. The topological polar surface area (TPSA) is 68.0 Å². The summed E-state index contributed by atoms with van der Waals surface area (Å²) in [5.41, 5.74) is 0. The first-order valence-corrected chi connectivity index (χ1v) is 5.08. The van der Waals surface area contributed by atoms with E-state index >= 15 is 0 Å². The second-order valence-corrected chi connectivity index (χ2v) is 3.87. The van der Waals surface area contributed by atoms with Gasteiger partial charge in [0.05, 0.1) is 5.75 Å². The molecule has 0 aliphatic rings. The second-order valence-electron chi connectivity index (χ2n) is 2.93. The van der Waals surface area contributed by atoms with Crippen LogP contribution in [0.25, 0.3) is 0 Å². The van der Waals surface area contributed by atoms with Gasteiger partial charge in [-0.1, -0.05) is 11.8 Å². The van der Waals surface area contributed by atoms with Gasteiger partial charge in [0.1, 0.15) is 12.2 Å². The van der Waals surface area contributed by atoms with E-state index in [2.05, 4.69) is 10.2 Å². The molecule has 0 radical (unpaired) electrons. The van der Waals surface area contributed by atoms with Crippen molar-refractivity contribution >= 4 is 17.7 Å². The highest BCUT2D eigenvalue weighted by Crippen LogP contribution is 2.22. The third kappa shape index (κ3) is 3.72. The number of carboxylic acids is 1. The molecule has 0 atom stereocenters. The highest BCUT2D eigenvalue weighted by Gasteiger charge is 2.30. The Kier molecular flexibility index (Phi) is 3.79. The largest absolute Gasteiger partial charge is 0.481 e. The summed E-state index contributed by atoms with van der Waals surface area (Å²) in [5.74, 6) is -1.57. The number of hydrogen-bond acceptors (Lipinski definition) is 4. The van der Waals surface area contributed by atoms with E-state index in [1.165, 1.54) is 7.05 Å². The van der Waals surface area contributed by atoms with Gasteiger partial charge in [-0.2, -0.15) is 13.2 Å². The maximum absolute atomic E-state index is 12.1. The molecule has 0 aliphatic heterocycles. The van der Waals surface area contributed by atoms with Gasteiger partial charge in [0.15, 0.2) is 5.16 Å². The lowest BCUT2D eigenvalue weighted by molar-refractivity contribution is -0.134. The summed E-state index contributed by atoms with van der Waals surface area (Å²) in [7, 11) is 1.37. The molecule has 9 heteroatoms. The van der Waals surface area contributed by atoms with Crippen LogP contribution >= 0.6 is 11.8 Å². The molecule has 0 spiro atoms. The third-order valence-corrected chi connectivity index (χ3v) is 2.61. The van der Waals surface area contributed by atoms with Crippen LogP contribution < -0.4 is 0 Å². The number of halogens is 3. The van der Waals surface area contributed by atoms with Crippen LogP contribution in [-0.4, -0.2) is 37.8 Å². The van der Waals surface area contributed by atoms with E-state index < -0.39 is 18.6 Å². The van der Waals surface area contributed by atoms with Crippen molar-refractivity contribution in [1.29, 1.82) is 0 Å². The Bertz CT molecular complexity index is 391. The van der Waals surface area contributed by atoms with Gasteiger partial charge >= 0.3 is 12.1 Å². The smallest absolute Gasteiger partial charge is 0.396 e. The lowest BCUT2D eigenvalue weighted by Gasteiger charge is -2.05. The van der Waals surface area contributed by atoms with Crippen molar-refractivity contribution in [3.8, 4) is 0 Å². The number of nitrogens with zero attached hydrogens (tertiary/aromatic N) is 3. The summed E-state index contributed by atoms with van der Waals surface area (Å²) in [4.78, 5) is 10.3. The van der Waals surface area contributed by atoms with Crippen LogP contribution in [0.1, 0.15) is 5.82 Å². The molecule has 1 heterocycles. The minimum Gasteiger partial charge on any atom is -0.481 e. The minimum absolute atomic E-state index is 0.154. The molecule has 0 aromatic carbocycles. The first-order valence-electron chi connectivity index (χ1n) is 4.09. The number of rotatable bonds is 4. The Morgan fingerprint density at radius 2 is 2.12 bits per heavy atom. The number of aromatic nitrogens is 3. The number of hydrogen-bond donors (Lipinski definition) is 1. The molecule has 1 aromatic heterocycles. The summed E-state index contributed by atoms with van der Waals surface area (Å²) in [5, 5.41) is 15.4. The fourth-order valence-corrected chi connectivity index (χ4v) is 1.58. The predicted octanol–water partition coefficient (Wildman–Crippen LogP) is 1.10. The number of thioether (sulfide) groups is 1. The molecule has 1 N–H and O–H groups in total. The van der Waals surface area contributed by atoms with Crippen molar-refractivity contribution in [1.82, 2.24) is 14.8 Å². The molecule has 0 fully saturated rings. The maximum atomic E-state index is 12.1. The highest BCUT2D eigenvalue weighted by molar-refractivity contribution is 7.99. The molecule has 0 saturated carbocycles. The molecule has 0 amide bonds. The number of alkyl halides is 3. The van der Waals surface area contributed by atoms with Gasteiger partial charge in [0, 0.05) is 7.05 Å². The van der Waals surface area contributed by atoms with Gasteiger partial charge < -0.3 is 9.67 Å². The zero-order chi connectivity index (χ0) is 12.3. The predicted molar refractivity (Wildman–Crippen MR) is 49.1 cm³/mol. The van der Waals surface area contributed by atoms with E-state index in [-0.39, 0.29) is 16.7 Å². The highest BCUT2D eigenvalue weighted by atomic mass is 32.2. The molecule has 1 rings (SSSR count). The molecular formula is C7H8F3N3O2S. The zero-order valence-corrected chi connectivity index (χ0v) is 8.97. The Hall–Kier alpha value is -1.25. The standard InChI is InChI=1S/C7H8F3N3O2S/c1-13-4(2-7(8,9)10)11-12-6(13)16-3-5(14)15/h2-3H2,1H3,(H,14,15). The molecular weight excluding hydrogens is 247 g/mol. The number of aliphatic carboxylic acids is 1. The Balaban J connectivity index is 2.72. The summed E-state index contributed by atoms with van der Waals surface area (Å²) in [6, 6.07) is 0.